The third-order valence-corrected chi connectivity index (χ3v) is 4.46. The van der Waals surface area contributed by atoms with Crippen molar-refractivity contribution in [2.75, 3.05) is 0 Å². The summed E-state index contributed by atoms with van der Waals surface area (Å²) in [4.78, 5) is 21.1. The molecule has 0 radical (unpaired) electrons. The average molecular weight is 401 g/mol. The summed E-state index contributed by atoms with van der Waals surface area (Å²) in [5.41, 5.74) is 0.0847. The molecule has 8 nitrogen and oxygen atoms in total. The standard InChI is InChI=1S/C13H9BrN2O6S/c1-8-5-9(6-12(14)13(8)17)15-22-23(20,21)11-4-2-3-10(7-11)16(18)19/h2-7H,1H3. The first-order valence-corrected chi connectivity index (χ1v) is 8.27. The van der Waals surface area contributed by atoms with E-state index in [2.05, 4.69) is 25.4 Å². The number of nitro groups is 1. The van der Waals surface area contributed by atoms with Crippen LogP contribution in [0.5, 0.6) is 0 Å². The summed E-state index contributed by atoms with van der Waals surface area (Å²) in [5.74, 6) is -0.245. The number of ketones is 1. The second kappa shape index (κ2) is 6.42. The van der Waals surface area contributed by atoms with Gasteiger partial charge < -0.3 is 0 Å². The molecule has 1 aromatic rings. The zero-order valence-electron chi connectivity index (χ0n) is 11.6. The average Bonchev–Trinajstić information content (AvgIpc) is 2.50. The summed E-state index contributed by atoms with van der Waals surface area (Å²) in [7, 11) is -4.31. The number of hydrogen-bond acceptors (Lipinski definition) is 7. The maximum absolute atomic E-state index is 12.0. The Hall–Kier alpha value is -2.33. The third kappa shape index (κ3) is 3.90. The monoisotopic (exact) mass is 400 g/mol. The quantitative estimate of drug-likeness (QED) is 0.435. The number of allylic oxidation sites excluding steroid dienone is 4. The Morgan fingerprint density at radius 2 is 2.00 bits per heavy atom. The molecule has 1 aliphatic rings. The molecule has 0 amide bonds. The van der Waals surface area contributed by atoms with E-state index in [1.807, 2.05) is 0 Å². The summed E-state index contributed by atoms with van der Waals surface area (Å²) in [6, 6.07) is 4.40. The van der Waals surface area contributed by atoms with Crippen molar-refractivity contribution >= 4 is 43.2 Å². The fourth-order valence-corrected chi connectivity index (χ4v) is 2.98. The number of halogens is 1. The Morgan fingerprint density at radius 1 is 1.30 bits per heavy atom. The van der Waals surface area contributed by atoms with E-state index in [0.717, 1.165) is 18.2 Å². The second-order valence-corrected chi connectivity index (χ2v) is 6.83. The molecule has 1 aromatic carbocycles. The summed E-state index contributed by atoms with van der Waals surface area (Å²) < 4.78 is 28.8. The first-order valence-electron chi connectivity index (χ1n) is 6.07. The van der Waals surface area contributed by atoms with Gasteiger partial charge >= 0.3 is 10.1 Å². The van der Waals surface area contributed by atoms with Crippen LogP contribution in [0.15, 0.2) is 56.5 Å². The lowest BCUT2D eigenvalue weighted by molar-refractivity contribution is -0.385. The Bertz CT molecular complexity index is 861. The van der Waals surface area contributed by atoms with Crippen molar-refractivity contribution in [3.05, 3.63) is 56.6 Å². The van der Waals surface area contributed by atoms with Crippen molar-refractivity contribution in [1.29, 1.82) is 0 Å². The zero-order chi connectivity index (χ0) is 17.2. The summed E-state index contributed by atoms with van der Waals surface area (Å²) >= 11 is 3.04. The lowest BCUT2D eigenvalue weighted by atomic mass is 10.1. The van der Waals surface area contributed by atoms with Crippen molar-refractivity contribution in [1.82, 2.24) is 0 Å². The van der Waals surface area contributed by atoms with Crippen molar-refractivity contribution < 1.29 is 22.4 Å². The van der Waals surface area contributed by atoms with E-state index in [1.165, 1.54) is 18.2 Å². The van der Waals surface area contributed by atoms with Crippen LogP contribution in [0.1, 0.15) is 6.92 Å². The Balaban J connectivity index is 2.29. The number of non-ortho nitro benzene ring substituents is 1. The van der Waals surface area contributed by atoms with E-state index in [4.69, 9.17) is 0 Å². The molecule has 0 spiro atoms. The molecule has 120 valence electrons. The predicted octanol–water partition coefficient (Wildman–Crippen LogP) is 2.46. The molecule has 1 aliphatic carbocycles. The topological polar surface area (TPSA) is 116 Å². The fourth-order valence-electron chi connectivity index (χ4n) is 1.65. The number of carbonyl (C=O) groups excluding carboxylic acids is 1. The van der Waals surface area contributed by atoms with E-state index in [-0.39, 0.29) is 21.7 Å². The number of oxime groups is 1. The fraction of sp³-hybridized carbons (Fsp3) is 0.0769. The van der Waals surface area contributed by atoms with Gasteiger partial charge in [-0.1, -0.05) is 11.2 Å². The molecule has 0 aliphatic heterocycles. The number of benzene rings is 1. The van der Waals surface area contributed by atoms with Crippen LogP contribution in [0.25, 0.3) is 0 Å². The molecule has 0 unspecified atom stereocenters. The van der Waals surface area contributed by atoms with Crippen LogP contribution in [-0.2, 0) is 19.2 Å². The molecule has 0 aromatic heterocycles. The first kappa shape index (κ1) is 17.0. The predicted molar refractivity (Wildman–Crippen MR) is 84.6 cm³/mol. The molecule has 0 saturated carbocycles. The van der Waals surface area contributed by atoms with Crippen LogP contribution in [0.2, 0.25) is 0 Å². The van der Waals surface area contributed by atoms with Crippen LogP contribution in [0.3, 0.4) is 0 Å². The van der Waals surface area contributed by atoms with Gasteiger partial charge in [-0.15, -0.1) is 0 Å². The van der Waals surface area contributed by atoms with Gasteiger partial charge in [-0.25, -0.2) is 0 Å². The molecule has 0 bridgehead atoms. The minimum absolute atomic E-state index is 0.114. The van der Waals surface area contributed by atoms with Gasteiger partial charge in [-0.2, -0.15) is 8.42 Å². The zero-order valence-corrected chi connectivity index (χ0v) is 14.0. The number of nitrogens with zero attached hydrogens (tertiary/aromatic N) is 2. The largest absolute Gasteiger partial charge is 0.358 e. The van der Waals surface area contributed by atoms with E-state index in [1.54, 1.807) is 6.92 Å². The van der Waals surface area contributed by atoms with Gasteiger partial charge in [-0.3, -0.25) is 19.2 Å². The Kier molecular flexibility index (Phi) is 4.76. The second-order valence-electron chi connectivity index (χ2n) is 4.45. The smallest absolute Gasteiger partial charge is 0.288 e. The molecule has 0 fully saturated rings. The number of carbonyl (C=O) groups is 1. The van der Waals surface area contributed by atoms with E-state index in [9.17, 15) is 23.3 Å². The summed E-state index contributed by atoms with van der Waals surface area (Å²) in [5, 5.41) is 14.1. The normalized spacial score (nSPS) is 16.8. The highest BCUT2D eigenvalue weighted by atomic mass is 79.9. The molecule has 23 heavy (non-hydrogen) atoms. The van der Waals surface area contributed by atoms with Gasteiger partial charge in [0.15, 0.2) is 5.78 Å². The highest BCUT2D eigenvalue weighted by molar-refractivity contribution is 9.12. The third-order valence-electron chi connectivity index (χ3n) is 2.77. The number of rotatable bonds is 4. The van der Waals surface area contributed by atoms with Crippen LogP contribution >= 0.6 is 15.9 Å². The van der Waals surface area contributed by atoms with Crippen molar-refractivity contribution in [3.8, 4) is 0 Å². The van der Waals surface area contributed by atoms with Crippen LogP contribution in [-0.4, -0.2) is 24.8 Å². The summed E-state index contributed by atoms with van der Waals surface area (Å²) in [6.45, 7) is 1.54. The van der Waals surface area contributed by atoms with Gasteiger partial charge in [0.1, 0.15) is 10.6 Å². The van der Waals surface area contributed by atoms with Gasteiger partial charge in [0.2, 0.25) is 0 Å². The van der Waals surface area contributed by atoms with Crippen LogP contribution in [0, 0.1) is 10.1 Å². The molecule has 2 rings (SSSR count). The first-order chi connectivity index (χ1) is 10.7. The van der Waals surface area contributed by atoms with Gasteiger partial charge in [-0.05, 0) is 46.6 Å². The van der Waals surface area contributed by atoms with Crippen molar-refractivity contribution in [2.45, 2.75) is 11.8 Å². The van der Waals surface area contributed by atoms with Crippen LogP contribution < -0.4 is 0 Å². The lowest BCUT2D eigenvalue weighted by Crippen LogP contribution is -2.10. The van der Waals surface area contributed by atoms with Gasteiger partial charge in [0.05, 0.1) is 9.41 Å². The van der Waals surface area contributed by atoms with Gasteiger partial charge in [0, 0.05) is 12.1 Å². The molecule has 0 saturated heterocycles. The summed E-state index contributed by atoms with van der Waals surface area (Å²) in [6.07, 6.45) is 2.66. The molecule has 0 N–H and O–H groups in total. The van der Waals surface area contributed by atoms with Crippen molar-refractivity contribution in [3.63, 3.8) is 0 Å². The maximum atomic E-state index is 12.0. The van der Waals surface area contributed by atoms with Crippen LogP contribution in [0.4, 0.5) is 5.69 Å². The molecular formula is C13H9BrN2O6S. The molecule has 10 heteroatoms. The van der Waals surface area contributed by atoms with Gasteiger partial charge in [0.25, 0.3) is 5.69 Å². The van der Waals surface area contributed by atoms with E-state index < -0.39 is 19.9 Å². The number of Topliss-reactive ketones (excluding diaryl/α,β-unsaturated/α-hetero) is 1. The maximum Gasteiger partial charge on any atom is 0.358 e. The number of hydrogen-bond donors (Lipinski definition) is 0. The Labute approximate surface area is 139 Å². The Morgan fingerprint density at radius 3 is 2.61 bits per heavy atom. The SMILES string of the molecule is CC1=CC(=NOS(=O)(=O)c2cccc([N+](=O)[O-])c2)C=C(Br)C1=O. The van der Waals surface area contributed by atoms with Crippen molar-refractivity contribution in [2.24, 2.45) is 5.16 Å². The highest BCUT2D eigenvalue weighted by Gasteiger charge is 2.20. The highest BCUT2D eigenvalue weighted by Crippen LogP contribution is 2.21. The minimum Gasteiger partial charge on any atom is -0.288 e. The lowest BCUT2D eigenvalue weighted by Gasteiger charge is -2.07. The molecule has 0 heterocycles. The number of nitro benzene ring substituents is 1. The molecular weight excluding hydrogens is 392 g/mol. The van der Waals surface area contributed by atoms with E-state index >= 15 is 0 Å². The van der Waals surface area contributed by atoms with E-state index in [0.29, 0.717) is 5.57 Å². The minimum atomic E-state index is -4.31. The molecule has 0 atom stereocenters.